The van der Waals surface area contributed by atoms with Crippen molar-refractivity contribution in [2.24, 2.45) is 7.05 Å². The van der Waals surface area contributed by atoms with E-state index in [2.05, 4.69) is 10.2 Å². The highest BCUT2D eigenvalue weighted by atomic mass is 32.2. The van der Waals surface area contributed by atoms with E-state index in [1.54, 1.807) is 42.0 Å². The molecule has 0 N–H and O–H groups in total. The SMILES string of the molecule is Cn1cnnc1SCCSc1ccc(F)cc1. The summed E-state index contributed by atoms with van der Waals surface area (Å²) in [6.45, 7) is 0. The van der Waals surface area contributed by atoms with Gasteiger partial charge in [0.25, 0.3) is 0 Å². The van der Waals surface area contributed by atoms with Gasteiger partial charge in [-0.3, -0.25) is 0 Å². The normalized spacial score (nSPS) is 10.7. The Morgan fingerprint density at radius 2 is 1.88 bits per heavy atom. The molecule has 0 spiro atoms. The van der Waals surface area contributed by atoms with Gasteiger partial charge in [0.05, 0.1) is 0 Å². The third-order valence-electron chi connectivity index (χ3n) is 2.07. The van der Waals surface area contributed by atoms with Gasteiger partial charge in [-0.2, -0.15) is 0 Å². The molecule has 0 saturated heterocycles. The van der Waals surface area contributed by atoms with Gasteiger partial charge in [0.1, 0.15) is 12.1 Å². The third-order valence-corrected chi connectivity index (χ3v) is 4.37. The van der Waals surface area contributed by atoms with E-state index in [1.807, 2.05) is 11.6 Å². The summed E-state index contributed by atoms with van der Waals surface area (Å²) in [5, 5.41) is 8.72. The van der Waals surface area contributed by atoms with E-state index in [4.69, 9.17) is 0 Å². The molecule has 90 valence electrons. The van der Waals surface area contributed by atoms with Crippen LogP contribution in [0.15, 0.2) is 40.6 Å². The molecular weight excluding hydrogens is 257 g/mol. The van der Waals surface area contributed by atoms with Crippen LogP contribution in [0.1, 0.15) is 0 Å². The van der Waals surface area contributed by atoms with Gasteiger partial charge < -0.3 is 4.57 Å². The zero-order valence-electron chi connectivity index (χ0n) is 9.34. The lowest BCUT2D eigenvalue weighted by Crippen LogP contribution is -1.91. The molecule has 0 radical (unpaired) electrons. The van der Waals surface area contributed by atoms with Gasteiger partial charge in [-0.1, -0.05) is 11.8 Å². The summed E-state index contributed by atoms with van der Waals surface area (Å²) in [5.41, 5.74) is 0. The monoisotopic (exact) mass is 269 g/mol. The van der Waals surface area contributed by atoms with Gasteiger partial charge in [0.15, 0.2) is 5.16 Å². The van der Waals surface area contributed by atoms with Crippen molar-refractivity contribution >= 4 is 23.5 Å². The van der Waals surface area contributed by atoms with Gasteiger partial charge in [-0.25, -0.2) is 4.39 Å². The molecule has 0 amide bonds. The lowest BCUT2D eigenvalue weighted by atomic mass is 10.4. The summed E-state index contributed by atoms with van der Waals surface area (Å²) in [7, 11) is 1.93. The minimum atomic E-state index is -0.192. The summed E-state index contributed by atoms with van der Waals surface area (Å²) in [4.78, 5) is 1.09. The molecule has 3 nitrogen and oxygen atoms in total. The second kappa shape index (κ2) is 6.07. The van der Waals surface area contributed by atoms with Crippen molar-refractivity contribution in [2.45, 2.75) is 10.1 Å². The average Bonchev–Trinajstić information content (AvgIpc) is 2.73. The summed E-state index contributed by atoms with van der Waals surface area (Å²) in [5.74, 6) is 1.72. The van der Waals surface area contributed by atoms with Crippen LogP contribution in [0, 0.1) is 5.82 Å². The Hall–Kier alpha value is -1.01. The van der Waals surface area contributed by atoms with Gasteiger partial charge >= 0.3 is 0 Å². The van der Waals surface area contributed by atoms with Gasteiger partial charge in [0.2, 0.25) is 0 Å². The Labute approximate surface area is 108 Å². The fourth-order valence-corrected chi connectivity index (χ4v) is 3.00. The highest BCUT2D eigenvalue weighted by Crippen LogP contribution is 2.21. The number of rotatable bonds is 5. The molecule has 1 heterocycles. The summed E-state index contributed by atoms with van der Waals surface area (Å²) >= 11 is 3.38. The molecule has 0 saturated carbocycles. The molecular formula is C11H12FN3S2. The second-order valence-corrected chi connectivity index (χ2v) is 5.61. The predicted molar refractivity (Wildman–Crippen MR) is 68.9 cm³/mol. The van der Waals surface area contributed by atoms with Crippen molar-refractivity contribution in [1.29, 1.82) is 0 Å². The molecule has 2 rings (SSSR count). The molecule has 0 aliphatic heterocycles. The Morgan fingerprint density at radius 1 is 1.18 bits per heavy atom. The van der Waals surface area contributed by atoms with Crippen LogP contribution in [0.2, 0.25) is 0 Å². The molecule has 17 heavy (non-hydrogen) atoms. The maximum absolute atomic E-state index is 12.7. The van der Waals surface area contributed by atoms with Crippen molar-refractivity contribution in [2.75, 3.05) is 11.5 Å². The van der Waals surface area contributed by atoms with E-state index < -0.39 is 0 Å². The largest absolute Gasteiger partial charge is 0.312 e. The van der Waals surface area contributed by atoms with Crippen LogP contribution in [0.4, 0.5) is 4.39 Å². The highest BCUT2D eigenvalue weighted by molar-refractivity contribution is 8.02. The fraction of sp³-hybridized carbons (Fsp3) is 0.273. The van der Waals surface area contributed by atoms with Crippen LogP contribution in [-0.4, -0.2) is 26.3 Å². The zero-order valence-corrected chi connectivity index (χ0v) is 11.0. The first-order chi connectivity index (χ1) is 8.25. The highest BCUT2D eigenvalue weighted by Gasteiger charge is 2.01. The summed E-state index contributed by atoms with van der Waals surface area (Å²) in [6.07, 6.45) is 1.69. The number of benzene rings is 1. The van der Waals surface area contributed by atoms with Crippen molar-refractivity contribution in [3.63, 3.8) is 0 Å². The van der Waals surface area contributed by atoms with Gasteiger partial charge in [0, 0.05) is 23.4 Å². The van der Waals surface area contributed by atoms with E-state index in [0.29, 0.717) is 0 Å². The quantitative estimate of drug-likeness (QED) is 0.617. The first-order valence-electron chi connectivity index (χ1n) is 5.11. The molecule has 0 bridgehead atoms. The van der Waals surface area contributed by atoms with Crippen LogP contribution < -0.4 is 0 Å². The molecule has 1 aromatic heterocycles. The Kier molecular flexibility index (Phi) is 4.44. The number of aryl methyl sites for hydroxylation is 1. The number of hydrogen-bond acceptors (Lipinski definition) is 4. The number of halogens is 1. The molecule has 0 unspecified atom stereocenters. The lowest BCUT2D eigenvalue weighted by Gasteiger charge is -2.01. The standard InChI is InChI=1S/C11H12FN3S2/c1-15-8-13-14-11(15)17-7-6-16-10-4-2-9(12)3-5-10/h2-5,8H,6-7H2,1H3. The maximum Gasteiger partial charge on any atom is 0.190 e. The smallest absolute Gasteiger partial charge is 0.190 e. The number of nitrogens with zero attached hydrogens (tertiary/aromatic N) is 3. The first-order valence-corrected chi connectivity index (χ1v) is 7.08. The van der Waals surface area contributed by atoms with Crippen LogP contribution in [0.3, 0.4) is 0 Å². The van der Waals surface area contributed by atoms with Crippen LogP contribution >= 0.6 is 23.5 Å². The molecule has 0 atom stereocenters. The Morgan fingerprint density at radius 3 is 2.53 bits per heavy atom. The third kappa shape index (κ3) is 3.74. The topological polar surface area (TPSA) is 30.7 Å². The average molecular weight is 269 g/mol. The van der Waals surface area contributed by atoms with Crippen molar-refractivity contribution in [1.82, 2.24) is 14.8 Å². The van der Waals surface area contributed by atoms with E-state index in [0.717, 1.165) is 21.6 Å². The Balaban J connectivity index is 1.73. The van der Waals surface area contributed by atoms with E-state index >= 15 is 0 Å². The van der Waals surface area contributed by atoms with Crippen LogP contribution in [0.25, 0.3) is 0 Å². The van der Waals surface area contributed by atoms with E-state index in [9.17, 15) is 4.39 Å². The molecule has 0 aliphatic rings. The van der Waals surface area contributed by atoms with Crippen molar-refractivity contribution < 1.29 is 4.39 Å². The summed E-state index contributed by atoms with van der Waals surface area (Å²) in [6, 6.07) is 6.57. The van der Waals surface area contributed by atoms with Gasteiger partial charge in [-0.05, 0) is 24.3 Å². The molecule has 6 heteroatoms. The molecule has 1 aromatic carbocycles. The maximum atomic E-state index is 12.7. The van der Waals surface area contributed by atoms with Crippen LogP contribution in [-0.2, 0) is 7.05 Å². The Bertz CT molecular complexity index is 470. The molecule has 2 aromatic rings. The minimum Gasteiger partial charge on any atom is -0.312 e. The lowest BCUT2D eigenvalue weighted by molar-refractivity contribution is 0.626. The van der Waals surface area contributed by atoms with E-state index in [-0.39, 0.29) is 5.82 Å². The molecule has 0 fully saturated rings. The number of thioether (sulfide) groups is 2. The zero-order chi connectivity index (χ0) is 12.1. The second-order valence-electron chi connectivity index (χ2n) is 3.38. The van der Waals surface area contributed by atoms with E-state index in [1.165, 1.54) is 12.1 Å². The number of hydrogen-bond donors (Lipinski definition) is 0. The first kappa shape index (κ1) is 12.4. The number of aromatic nitrogens is 3. The van der Waals surface area contributed by atoms with Crippen molar-refractivity contribution in [3.8, 4) is 0 Å². The predicted octanol–water partition coefficient (Wildman–Crippen LogP) is 2.84. The summed E-state index contributed by atoms with van der Waals surface area (Å²) < 4.78 is 14.6. The minimum absolute atomic E-state index is 0.192. The fourth-order valence-electron chi connectivity index (χ4n) is 1.23. The van der Waals surface area contributed by atoms with Gasteiger partial charge in [-0.15, -0.1) is 22.0 Å². The van der Waals surface area contributed by atoms with Crippen molar-refractivity contribution in [3.05, 3.63) is 36.4 Å². The molecule has 0 aliphatic carbocycles. The van der Waals surface area contributed by atoms with Crippen LogP contribution in [0.5, 0.6) is 0 Å².